The van der Waals surface area contributed by atoms with Gasteiger partial charge in [0.1, 0.15) is 24.6 Å². The summed E-state index contributed by atoms with van der Waals surface area (Å²) in [6.07, 6.45) is 0.910. The Bertz CT molecular complexity index is 1670. The quantitative estimate of drug-likeness (QED) is 0.176. The lowest BCUT2D eigenvalue weighted by molar-refractivity contribution is -0.150. The van der Waals surface area contributed by atoms with E-state index in [0.29, 0.717) is 22.5 Å². The molecule has 3 N–H and O–H groups in total. The Morgan fingerprint density at radius 1 is 0.933 bits per heavy atom. The van der Waals surface area contributed by atoms with Gasteiger partial charge in [0.25, 0.3) is 0 Å². The highest BCUT2D eigenvalue weighted by molar-refractivity contribution is 5.99. The van der Waals surface area contributed by atoms with Gasteiger partial charge in [0.05, 0.1) is 0 Å². The molecular weight excluding hydrogens is 576 g/mol. The number of carboxylic acid groups (broad SMARTS) is 1. The molecule has 1 unspecified atom stereocenters. The van der Waals surface area contributed by atoms with Gasteiger partial charge in [-0.05, 0) is 67.1 Å². The van der Waals surface area contributed by atoms with Gasteiger partial charge < -0.3 is 24.8 Å². The molecule has 1 atom stereocenters. The van der Waals surface area contributed by atoms with E-state index in [-0.39, 0.29) is 25.6 Å². The van der Waals surface area contributed by atoms with E-state index in [1.807, 2.05) is 30.3 Å². The molecule has 4 aromatic rings. The van der Waals surface area contributed by atoms with Crippen LogP contribution in [0.25, 0.3) is 10.8 Å². The molecule has 2 amide bonds. The van der Waals surface area contributed by atoms with Gasteiger partial charge in [0.15, 0.2) is 6.04 Å². The first-order chi connectivity index (χ1) is 21.4. The van der Waals surface area contributed by atoms with Gasteiger partial charge >= 0.3 is 18.0 Å². The standard InChI is InChI=1S/C34H36N4O7/c1-22(39)38(20-29(40)44-21-24-8-6-5-7-9-24)19-23-10-12-25(13-11-23)30(32(41)42)36-27-14-15-28-26(18-27)16-17-35-31(28)37-33(43)45-34(2,3)4/h5-18,30,36H,19-21H2,1-4H3,(H,41,42)(H,35,37,43). The number of pyridine rings is 1. The van der Waals surface area contributed by atoms with E-state index < -0.39 is 29.7 Å². The molecule has 0 bridgehead atoms. The van der Waals surface area contributed by atoms with Crippen LogP contribution in [-0.2, 0) is 37.0 Å². The fourth-order valence-corrected chi connectivity index (χ4v) is 4.48. The van der Waals surface area contributed by atoms with Crippen molar-refractivity contribution < 1.29 is 33.8 Å². The number of carbonyl (C=O) groups excluding carboxylic acids is 3. The van der Waals surface area contributed by atoms with Crippen LogP contribution in [0.4, 0.5) is 16.3 Å². The van der Waals surface area contributed by atoms with Crippen LogP contribution < -0.4 is 10.6 Å². The zero-order valence-electron chi connectivity index (χ0n) is 25.6. The number of esters is 1. The van der Waals surface area contributed by atoms with E-state index in [4.69, 9.17) is 9.47 Å². The average molecular weight is 613 g/mol. The van der Waals surface area contributed by atoms with Gasteiger partial charge in [-0.1, -0.05) is 54.6 Å². The summed E-state index contributed by atoms with van der Waals surface area (Å²) in [6.45, 7) is 6.72. The fourth-order valence-electron chi connectivity index (χ4n) is 4.48. The number of hydrogen-bond acceptors (Lipinski definition) is 8. The van der Waals surface area contributed by atoms with Gasteiger partial charge in [-0.25, -0.2) is 14.6 Å². The first kappa shape index (κ1) is 32.5. The number of amides is 2. The Labute approximate surface area is 261 Å². The summed E-state index contributed by atoms with van der Waals surface area (Å²) in [6, 6.07) is 21.9. The Hall–Kier alpha value is -5.45. The van der Waals surface area contributed by atoms with Crippen molar-refractivity contribution in [1.29, 1.82) is 0 Å². The van der Waals surface area contributed by atoms with Crippen LogP contribution in [-0.4, -0.2) is 51.1 Å². The molecule has 0 spiro atoms. The highest BCUT2D eigenvalue weighted by Crippen LogP contribution is 2.28. The molecule has 11 heteroatoms. The zero-order chi connectivity index (χ0) is 32.6. The van der Waals surface area contributed by atoms with E-state index >= 15 is 0 Å². The lowest BCUT2D eigenvalue weighted by Gasteiger charge is -2.21. The van der Waals surface area contributed by atoms with Crippen LogP contribution in [0.15, 0.2) is 85.1 Å². The minimum absolute atomic E-state index is 0.113. The Balaban J connectivity index is 1.42. The number of nitrogens with zero attached hydrogens (tertiary/aromatic N) is 2. The van der Waals surface area contributed by atoms with E-state index in [9.17, 15) is 24.3 Å². The van der Waals surface area contributed by atoms with Crippen LogP contribution in [0.3, 0.4) is 0 Å². The second-order valence-corrected chi connectivity index (χ2v) is 11.4. The third-order valence-electron chi connectivity index (χ3n) is 6.64. The molecule has 0 fully saturated rings. The summed E-state index contributed by atoms with van der Waals surface area (Å²) >= 11 is 0. The molecular formula is C34H36N4O7. The minimum atomic E-state index is -1.09. The third kappa shape index (κ3) is 9.52. The summed E-state index contributed by atoms with van der Waals surface area (Å²) < 4.78 is 10.6. The van der Waals surface area contributed by atoms with Crippen molar-refractivity contribution in [2.24, 2.45) is 0 Å². The molecule has 0 aliphatic heterocycles. The second kappa shape index (κ2) is 14.3. The number of carboxylic acids is 1. The smallest absolute Gasteiger partial charge is 0.413 e. The van der Waals surface area contributed by atoms with E-state index in [2.05, 4.69) is 15.6 Å². The Morgan fingerprint density at radius 3 is 2.29 bits per heavy atom. The van der Waals surface area contributed by atoms with Crippen molar-refractivity contribution in [2.45, 2.75) is 52.5 Å². The summed E-state index contributed by atoms with van der Waals surface area (Å²) in [5.41, 5.74) is 1.93. The number of anilines is 2. The van der Waals surface area contributed by atoms with Gasteiger partial charge in [-0.2, -0.15) is 0 Å². The molecule has 0 saturated carbocycles. The predicted octanol–water partition coefficient (Wildman–Crippen LogP) is 5.91. The Kier molecular flexibility index (Phi) is 10.4. The Morgan fingerprint density at radius 2 is 1.64 bits per heavy atom. The normalized spacial score (nSPS) is 11.7. The van der Waals surface area contributed by atoms with Crippen LogP contribution in [0.5, 0.6) is 0 Å². The maximum absolute atomic E-state index is 12.4. The number of rotatable bonds is 11. The van der Waals surface area contributed by atoms with E-state index in [1.165, 1.54) is 11.8 Å². The zero-order valence-corrected chi connectivity index (χ0v) is 25.6. The molecule has 3 aromatic carbocycles. The first-order valence-corrected chi connectivity index (χ1v) is 14.3. The van der Waals surface area contributed by atoms with Gasteiger partial charge in [-0.3, -0.25) is 14.9 Å². The summed E-state index contributed by atoms with van der Waals surface area (Å²) in [7, 11) is 0. The topological polar surface area (TPSA) is 147 Å². The summed E-state index contributed by atoms with van der Waals surface area (Å²) in [5, 5.41) is 17.1. The molecule has 0 aliphatic carbocycles. The van der Waals surface area contributed by atoms with Crippen molar-refractivity contribution in [3.63, 3.8) is 0 Å². The van der Waals surface area contributed by atoms with E-state index in [0.717, 1.165) is 16.5 Å². The van der Waals surface area contributed by atoms with Crippen LogP contribution in [0.1, 0.15) is 50.4 Å². The molecule has 1 aromatic heterocycles. The van der Waals surface area contributed by atoms with E-state index in [1.54, 1.807) is 75.5 Å². The van der Waals surface area contributed by atoms with Crippen molar-refractivity contribution >= 4 is 46.2 Å². The lowest BCUT2D eigenvalue weighted by Crippen LogP contribution is -2.34. The van der Waals surface area contributed by atoms with Crippen LogP contribution >= 0.6 is 0 Å². The molecule has 0 saturated heterocycles. The molecule has 0 radical (unpaired) electrons. The van der Waals surface area contributed by atoms with Gasteiger partial charge in [0.2, 0.25) is 5.91 Å². The second-order valence-electron chi connectivity index (χ2n) is 11.4. The summed E-state index contributed by atoms with van der Waals surface area (Å²) in [4.78, 5) is 54.8. The average Bonchev–Trinajstić information content (AvgIpc) is 2.98. The number of fused-ring (bicyclic) bond motifs is 1. The van der Waals surface area contributed by atoms with Crippen molar-refractivity contribution in [3.05, 3.63) is 102 Å². The highest BCUT2D eigenvalue weighted by atomic mass is 16.6. The molecule has 45 heavy (non-hydrogen) atoms. The molecule has 0 aliphatic rings. The number of ether oxygens (including phenoxy) is 2. The largest absolute Gasteiger partial charge is 0.479 e. The molecule has 11 nitrogen and oxygen atoms in total. The fraction of sp³-hybridized carbons (Fsp3) is 0.265. The van der Waals surface area contributed by atoms with Crippen molar-refractivity contribution in [3.8, 4) is 0 Å². The number of hydrogen-bond donors (Lipinski definition) is 3. The van der Waals surface area contributed by atoms with Crippen LogP contribution in [0, 0.1) is 0 Å². The lowest BCUT2D eigenvalue weighted by atomic mass is 10.0. The number of nitrogens with one attached hydrogen (secondary N) is 2. The monoisotopic (exact) mass is 612 g/mol. The maximum Gasteiger partial charge on any atom is 0.413 e. The van der Waals surface area contributed by atoms with Gasteiger partial charge in [0, 0.05) is 30.7 Å². The maximum atomic E-state index is 12.4. The number of carbonyl (C=O) groups is 4. The van der Waals surface area contributed by atoms with Crippen molar-refractivity contribution in [1.82, 2.24) is 9.88 Å². The number of aromatic nitrogens is 1. The molecule has 4 rings (SSSR count). The van der Waals surface area contributed by atoms with Gasteiger partial charge in [-0.15, -0.1) is 0 Å². The number of benzene rings is 3. The predicted molar refractivity (Wildman–Crippen MR) is 169 cm³/mol. The summed E-state index contributed by atoms with van der Waals surface area (Å²) in [5.74, 6) is -1.59. The first-order valence-electron chi connectivity index (χ1n) is 14.3. The van der Waals surface area contributed by atoms with Crippen LogP contribution in [0.2, 0.25) is 0 Å². The molecule has 1 heterocycles. The SMILES string of the molecule is CC(=O)N(CC(=O)OCc1ccccc1)Cc1ccc(C(Nc2ccc3c(NC(=O)OC(C)(C)C)nccc3c2)C(=O)O)cc1. The third-order valence-corrected chi connectivity index (χ3v) is 6.64. The molecule has 234 valence electrons. The minimum Gasteiger partial charge on any atom is -0.479 e. The van der Waals surface area contributed by atoms with Crippen molar-refractivity contribution in [2.75, 3.05) is 17.2 Å². The highest BCUT2D eigenvalue weighted by Gasteiger charge is 2.22. The number of aliphatic carboxylic acids is 1.